The van der Waals surface area contributed by atoms with Crippen LogP contribution < -0.4 is 15.4 Å². The van der Waals surface area contributed by atoms with Crippen molar-refractivity contribution in [3.63, 3.8) is 0 Å². The highest BCUT2D eigenvalue weighted by Gasteiger charge is 2.08. The van der Waals surface area contributed by atoms with Crippen LogP contribution in [0.15, 0.2) is 24.3 Å². The molecule has 0 saturated carbocycles. The fourth-order valence-electron chi connectivity index (χ4n) is 1.66. The molecule has 1 aromatic rings. The van der Waals surface area contributed by atoms with Gasteiger partial charge in [-0.1, -0.05) is 32.8 Å². The Bertz CT molecular complexity index is 463. The van der Waals surface area contributed by atoms with Gasteiger partial charge in [0.15, 0.2) is 5.11 Å². The number of unbranched alkanes of at least 4 members (excludes halogenated alkanes) is 2. The van der Waals surface area contributed by atoms with Crippen molar-refractivity contribution in [3.8, 4) is 5.75 Å². The van der Waals surface area contributed by atoms with Crippen molar-refractivity contribution in [1.29, 1.82) is 0 Å². The maximum atomic E-state index is 12.1. The van der Waals surface area contributed by atoms with Gasteiger partial charge < -0.3 is 10.1 Å². The number of ether oxygens (including phenoxy) is 1. The molecule has 5 heteroatoms. The molecule has 0 aromatic heterocycles. The van der Waals surface area contributed by atoms with E-state index in [-0.39, 0.29) is 5.91 Å². The molecule has 0 saturated heterocycles. The molecule has 1 aromatic carbocycles. The predicted octanol–water partition coefficient (Wildman–Crippen LogP) is 3.27. The summed E-state index contributed by atoms with van der Waals surface area (Å²) in [6, 6.07) is 7.14. The van der Waals surface area contributed by atoms with Gasteiger partial charge in [-0.25, -0.2) is 0 Å². The number of thiocarbonyl (C=S) groups is 1. The van der Waals surface area contributed by atoms with Crippen LogP contribution in [0.4, 0.5) is 0 Å². The summed E-state index contributed by atoms with van der Waals surface area (Å²) < 4.78 is 5.59. The lowest BCUT2D eigenvalue weighted by Gasteiger charge is -2.10. The first-order valence-electron chi connectivity index (χ1n) is 7.49. The Balaban J connectivity index is 2.49. The highest BCUT2D eigenvalue weighted by atomic mass is 32.1. The number of carbonyl (C=O) groups is 1. The largest absolute Gasteiger partial charge is 0.494 e. The summed E-state index contributed by atoms with van der Waals surface area (Å²) in [5.74, 6) is 0.492. The number of hydrogen-bond acceptors (Lipinski definition) is 3. The third-order valence-corrected chi connectivity index (χ3v) is 3.15. The smallest absolute Gasteiger partial charge is 0.257 e. The second kappa shape index (κ2) is 10.2. The molecule has 21 heavy (non-hydrogen) atoms. The summed E-state index contributed by atoms with van der Waals surface area (Å²) in [4.78, 5) is 12.1. The predicted molar refractivity (Wildman–Crippen MR) is 89.8 cm³/mol. The average Bonchev–Trinajstić information content (AvgIpc) is 2.48. The zero-order chi connectivity index (χ0) is 15.5. The van der Waals surface area contributed by atoms with Crippen molar-refractivity contribution < 1.29 is 9.53 Å². The summed E-state index contributed by atoms with van der Waals surface area (Å²) in [7, 11) is 0. The minimum Gasteiger partial charge on any atom is -0.494 e. The third-order valence-electron chi connectivity index (χ3n) is 2.91. The molecule has 0 aliphatic carbocycles. The molecule has 0 spiro atoms. The van der Waals surface area contributed by atoms with Crippen molar-refractivity contribution in [2.75, 3.05) is 13.2 Å². The van der Waals surface area contributed by atoms with E-state index < -0.39 is 0 Å². The van der Waals surface area contributed by atoms with Gasteiger partial charge in [-0.3, -0.25) is 10.1 Å². The number of rotatable bonds is 8. The summed E-state index contributed by atoms with van der Waals surface area (Å²) in [6.45, 7) is 5.65. The number of nitrogens with one attached hydrogen (secondary N) is 2. The maximum Gasteiger partial charge on any atom is 0.257 e. The topological polar surface area (TPSA) is 50.4 Å². The van der Waals surface area contributed by atoms with Crippen LogP contribution in [0.25, 0.3) is 0 Å². The van der Waals surface area contributed by atoms with Crippen molar-refractivity contribution in [2.45, 2.75) is 39.5 Å². The summed E-state index contributed by atoms with van der Waals surface area (Å²) in [5.41, 5.74) is 0.545. The molecule has 0 radical (unpaired) electrons. The van der Waals surface area contributed by atoms with E-state index in [1.54, 1.807) is 12.1 Å². The molecular formula is C16H24N2O2S. The molecule has 116 valence electrons. The lowest BCUT2D eigenvalue weighted by Crippen LogP contribution is -2.39. The van der Waals surface area contributed by atoms with Gasteiger partial charge in [0.05, 0.1) is 6.61 Å². The van der Waals surface area contributed by atoms with Gasteiger partial charge in [-0.15, -0.1) is 0 Å². The second-order valence-electron chi connectivity index (χ2n) is 4.79. The molecule has 1 amide bonds. The first-order valence-corrected chi connectivity index (χ1v) is 7.90. The Morgan fingerprint density at radius 1 is 1.24 bits per heavy atom. The minimum atomic E-state index is -0.218. The zero-order valence-electron chi connectivity index (χ0n) is 12.8. The molecule has 0 aliphatic heterocycles. The number of amides is 1. The van der Waals surface area contributed by atoms with E-state index in [0.29, 0.717) is 23.0 Å². The Hall–Kier alpha value is -1.62. The van der Waals surface area contributed by atoms with Crippen LogP contribution in [0.5, 0.6) is 5.75 Å². The van der Waals surface area contributed by atoms with E-state index in [2.05, 4.69) is 24.5 Å². The first kappa shape index (κ1) is 17.4. The summed E-state index contributed by atoms with van der Waals surface area (Å²) in [6.07, 6.45) is 4.19. The van der Waals surface area contributed by atoms with Crippen LogP contribution in [-0.4, -0.2) is 24.2 Å². The van der Waals surface area contributed by atoms with Gasteiger partial charge in [0, 0.05) is 12.1 Å². The molecule has 0 unspecified atom stereocenters. The molecule has 0 heterocycles. The van der Waals surface area contributed by atoms with Crippen LogP contribution in [0.1, 0.15) is 49.9 Å². The molecule has 4 nitrogen and oxygen atoms in total. The standard InChI is InChI=1S/C16H24N2O2S/c1-3-5-10-17-16(21)18-15(19)13-8-7-9-14(12-13)20-11-6-4-2/h7-9,12H,3-6,10-11H2,1-2H3,(H2,17,18,19,21). The van der Waals surface area contributed by atoms with E-state index in [1.165, 1.54) is 0 Å². The van der Waals surface area contributed by atoms with Crippen molar-refractivity contribution in [1.82, 2.24) is 10.6 Å². The quantitative estimate of drug-likeness (QED) is 0.572. The maximum absolute atomic E-state index is 12.1. The van der Waals surface area contributed by atoms with Crippen LogP contribution >= 0.6 is 12.2 Å². The van der Waals surface area contributed by atoms with Gasteiger partial charge in [-0.05, 0) is 43.3 Å². The molecule has 0 bridgehead atoms. The fourth-order valence-corrected chi connectivity index (χ4v) is 1.85. The van der Waals surface area contributed by atoms with Crippen molar-refractivity contribution >= 4 is 23.2 Å². The normalized spacial score (nSPS) is 10.0. The lowest BCUT2D eigenvalue weighted by atomic mass is 10.2. The molecule has 1 rings (SSSR count). The highest BCUT2D eigenvalue weighted by Crippen LogP contribution is 2.13. The first-order chi connectivity index (χ1) is 10.2. The summed E-state index contributed by atoms with van der Waals surface area (Å²) >= 11 is 5.09. The Labute approximate surface area is 132 Å². The minimum absolute atomic E-state index is 0.218. The van der Waals surface area contributed by atoms with Crippen LogP contribution in [-0.2, 0) is 0 Å². The van der Waals surface area contributed by atoms with Gasteiger partial charge in [0.25, 0.3) is 5.91 Å². The van der Waals surface area contributed by atoms with E-state index in [0.717, 1.165) is 32.2 Å². The Morgan fingerprint density at radius 3 is 2.71 bits per heavy atom. The molecule has 2 N–H and O–H groups in total. The SMILES string of the molecule is CCCCNC(=S)NC(=O)c1cccc(OCCCC)c1. The lowest BCUT2D eigenvalue weighted by molar-refractivity contribution is 0.0976. The third kappa shape index (κ3) is 7.09. The van der Waals surface area contributed by atoms with Gasteiger partial charge in [0.1, 0.15) is 5.75 Å². The number of hydrogen-bond donors (Lipinski definition) is 2. The van der Waals surface area contributed by atoms with Crippen LogP contribution in [0.3, 0.4) is 0 Å². The zero-order valence-corrected chi connectivity index (χ0v) is 13.6. The number of benzene rings is 1. The average molecular weight is 308 g/mol. The number of carbonyl (C=O) groups excluding carboxylic acids is 1. The molecule has 0 fully saturated rings. The highest BCUT2D eigenvalue weighted by molar-refractivity contribution is 7.80. The molecule has 0 aliphatic rings. The van der Waals surface area contributed by atoms with Crippen molar-refractivity contribution in [2.24, 2.45) is 0 Å². The van der Waals surface area contributed by atoms with E-state index >= 15 is 0 Å². The van der Waals surface area contributed by atoms with Gasteiger partial charge in [-0.2, -0.15) is 0 Å². The van der Waals surface area contributed by atoms with E-state index in [1.807, 2.05) is 12.1 Å². The molecule has 0 atom stereocenters. The Kier molecular flexibility index (Phi) is 8.43. The fraction of sp³-hybridized carbons (Fsp3) is 0.500. The summed E-state index contributed by atoms with van der Waals surface area (Å²) in [5, 5.41) is 6.05. The monoisotopic (exact) mass is 308 g/mol. The van der Waals surface area contributed by atoms with Crippen molar-refractivity contribution in [3.05, 3.63) is 29.8 Å². The second-order valence-corrected chi connectivity index (χ2v) is 5.20. The van der Waals surface area contributed by atoms with E-state index in [9.17, 15) is 4.79 Å². The van der Waals surface area contributed by atoms with Crippen LogP contribution in [0, 0.1) is 0 Å². The van der Waals surface area contributed by atoms with Crippen LogP contribution in [0.2, 0.25) is 0 Å². The van der Waals surface area contributed by atoms with E-state index in [4.69, 9.17) is 17.0 Å². The Morgan fingerprint density at radius 2 is 2.00 bits per heavy atom. The molecular weight excluding hydrogens is 284 g/mol. The van der Waals surface area contributed by atoms with Gasteiger partial charge in [0.2, 0.25) is 0 Å². The van der Waals surface area contributed by atoms with Gasteiger partial charge >= 0.3 is 0 Å².